The van der Waals surface area contributed by atoms with E-state index < -0.39 is 0 Å². The molecule has 1 atom stereocenters. The van der Waals surface area contributed by atoms with Crippen LogP contribution in [0.2, 0.25) is 10.0 Å². The number of aromatic amines is 1. The number of nitrogens with one attached hydrogen (secondary N) is 1. The van der Waals surface area contributed by atoms with E-state index in [-0.39, 0.29) is 11.9 Å². The molecule has 3 heterocycles. The van der Waals surface area contributed by atoms with E-state index in [0.29, 0.717) is 10.0 Å². The van der Waals surface area contributed by atoms with Crippen LogP contribution in [0.15, 0.2) is 42.6 Å². The van der Waals surface area contributed by atoms with Crippen molar-refractivity contribution >= 4 is 50.8 Å². The highest BCUT2D eigenvalue weighted by atomic mass is 35.5. The van der Waals surface area contributed by atoms with E-state index in [1.54, 1.807) is 24.4 Å². The summed E-state index contributed by atoms with van der Waals surface area (Å²) >= 11 is 12.2. The van der Waals surface area contributed by atoms with Gasteiger partial charge in [-0.05, 0) is 43.3 Å². The third kappa shape index (κ3) is 3.49. The van der Waals surface area contributed by atoms with Crippen LogP contribution < -0.4 is 4.90 Å². The van der Waals surface area contributed by atoms with E-state index >= 15 is 0 Å². The first-order chi connectivity index (χ1) is 14.5. The Hall–Kier alpha value is -2.41. The summed E-state index contributed by atoms with van der Waals surface area (Å²) in [6.45, 7) is 5.58. The fourth-order valence-electron chi connectivity index (χ4n) is 4.13. The molecule has 1 aliphatic heterocycles. The molecule has 1 aliphatic rings. The van der Waals surface area contributed by atoms with Crippen molar-refractivity contribution in [1.29, 1.82) is 0 Å². The zero-order valence-electron chi connectivity index (χ0n) is 16.4. The smallest absolute Gasteiger partial charge is 0.124 e. The van der Waals surface area contributed by atoms with Crippen LogP contribution in [0.25, 0.3) is 21.9 Å². The van der Waals surface area contributed by atoms with Gasteiger partial charge in [0.1, 0.15) is 11.6 Å². The van der Waals surface area contributed by atoms with Crippen LogP contribution in [0, 0.1) is 5.82 Å². The normalized spacial score (nSPS) is 16.5. The molecular weight excluding hydrogens is 424 g/mol. The quantitative estimate of drug-likeness (QED) is 0.457. The second kappa shape index (κ2) is 7.69. The number of fused-ring (bicyclic) bond motifs is 2. The molecule has 2 aromatic heterocycles. The largest absolute Gasteiger partial charge is 0.368 e. The molecule has 0 aliphatic carbocycles. The molecule has 1 saturated heterocycles. The first-order valence-electron chi connectivity index (χ1n) is 9.87. The maximum absolute atomic E-state index is 13.8. The Bertz CT molecular complexity index is 1190. The van der Waals surface area contributed by atoms with Gasteiger partial charge in [-0.15, -0.1) is 0 Å². The third-order valence-electron chi connectivity index (χ3n) is 5.82. The molecule has 1 N–H and O–H groups in total. The third-order valence-corrected chi connectivity index (χ3v) is 6.54. The number of imidazole rings is 1. The topological polar surface area (TPSA) is 48.1 Å². The average molecular weight is 444 g/mol. The lowest BCUT2D eigenvalue weighted by Crippen LogP contribution is -2.47. The Morgan fingerprint density at radius 3 is 2.57 bits per heavy atom. The molecule has 1 fully saturated rings. The predicted molar refractivity (Wildman–Crippen MR) is 120 cm³/mol. The zero-order chi connectivity index (χ0) is 20.8. The van der Waals surface area contributed by atoms with Gasteiger partial charge in [-0.3, -0.25) is 9.88 Å². The van der Waals surface area contributed by atoms with Crippen LogP contribution in [0.3, 0.4) is 0 Å². The van der Waals surface area contributed by atoms with Crippen molar-refractivity contribution in [3.8, 4) is 0 Å². The molecule has 5 rings (SSSR count). The van der Waals surface area contributed by atoms with Crippen molar-refractivity contribution in [3.63, 3.8) is 0 Å². The van der Waals surface area contributed by atoms with E-state index in [1.165, 1.54) is 6.07 Å². The molecule has 0 unspecified atom stereocenters. The number of hydrogen-bond acceptors (Lipinski definition) is 4. The van der Waals surface area contributed by atoms with Crippen molar-refractivity contribution < 1.29 is 4.39 Å². The number of benzene rings is 2. The van der Waals surface area contributed by atoms with Gasteiger partial charge in [0.25, 0.3) is 0 Å². The number of hydrogen-bond donors (Lipinski definition) is 1. The highest BCUT2D eigenvalue weighted by Gasteiger charge is 2.25. The molecule has 0 spiro atoms. The lowest BCUT2D eigenvalue weighted by molar-refractivity contribution is 0.193. The number of H-pyrrole nitrogens is 1. The lowest BCUT2D eigenvalue weighted by atomic mass is 10.1. The number of rotatable bonds is 3. The molecule has 0 amide bonds. The average Bonchev–Trinajstić information content (AvgIpc) is 3.16. The number of pyridine rings is 1. The van der Waals surface area contributed by atoms with Crippen molar-refractivity contribution in [3.05, 3.63) is 64.3 Å². The standard InChI is InChI=1S/C22H20Cl2FN5/c1-13(22-27-19-11-16(23)17(24)12-20(19)28-22)29-6-8-30(9-7-29)21-4-5-26-18-3-2-14(25)10-15(18)21/h2-5,10-13H,6-9H2,1H3,(H,27,28)/t13-/m1/s1. The van der Waals surface area contributed by atoms with Crippen LogP contribution in [0.5, 0.6) is 0 Å². The Labute approximate surface area is 183 Å². The highest BCUT2D eigenvalue weighted by Crippen LogP contribution is 2.31. The number of nitrogens with zero attached hydrogens (tertiary/aromatic N) is 4. The van der Waals surface area contributed by atoms with E-state index in [9.17, 15) is 4.39 Å². The summed E-state index contributed by atoms with van der Waals surface area (Å²) in [5, 5.41) is 1.87. The Morgan fingerprint density at radius 1 is 1.00 bits per heavy atom. The molecule has 0 radical (unpaired) electrons. The van der Waals surface area contributed by atoms with Gasteiger partial charge in [-0.25, -0.2) is 9.37 Å². The molecule has 8 heteroatoms. The second-order valence-electron chi connectivity index (χ2n) is 7.60. The van der Waals surface area contributed by atoms with Crippen molar-refractivity contribution in [1.82, 2.24) is 19.9 Å². The first kappa shape index (κ1) is 19.5. The molecule has 0 saturated carbocycles. The summed E-state index contributed by atoms with van der Waals surface area (Å²) in [7, 11) is 0. The van der Waals surface area contributed by atoms with E-state index in [2.05, 4.69) is 26.7 Å². The monoisotopic (exact) mass is 443 g/mol. The van der Waals surface area contributed by atoms with Gasteiger partial charge >= 0.3 is 0 Å². The number of halogens is 3. The molecule has 0 bridgehead atoms. The maximum Gasteiger partial charge on any atom is 0.124 e. The van der Waals surface area contributed by atoms with Crippen LogP contribution in [-0.2, 0) is 0 Å². The number of piperazine rings is 1. The summed E-state index contributed by atoms with van der Waals surface area (Å²) in [6, 6.07) is 10.4. The second-order valence-corrected chi connectivity index (χ2v) is 8.41. The van der Waals surface area contributed by atoms with Crippen molar-refractivity contribution in [2.75, 3.05) is 31.1 Å². The Balaban J connectivity index is 1.34. The van der Waals surface area contributed by atoms with Crippen molar-refractivity contribution in [2.24, 2.45) is 0 Å². The first-order valence-corrected chi connectivity index (χ1v) is 10.6. The maximum atomic E-state index is 13.8. The summed E-state index contributed by atoms with van der Waals surface area (Å²) < 4.78 is 13.8. The lowest BCUT2D eigenvalue weighted by Gasteiger charge is -2.38. The Morgan fingerprint density at radius 2 is 1.77 bits per heavy atom. The predicted octanol–water partition coefficient (Wildman–Crippen LogP) is 5.44. The molecule has 154 valence electrons. The van der Waals surface area contributed by atoms with E-state index in [0.717, 1.165) is 59.6 Å². The number of anilines is 1. The molecule has 2 aromatic carbocycles. The van der Waals surface area contributed by atoms with E-state index in [4.69, 9.17) is 28.2 Å². The van der Waals surface area contributed by atoms with Crippen LogP contribution in [0.1, 0.15) is 18.8 Å². The van der Waals surface area contributed by atoms with Crippen LogP contribution in [-0.4, -0.2) is 46.0 Å². The van der Waals surface area contributed by atoms with Gasteiger partial charge in [0.05, 0.1) is 32.6 Å². The minimum Gasteiger partial charge on any atom is -0.368 e. The summed E-state index contributed by atoms with van der Waals surface area (Å²) in [5.74, 6) is 0.655. The summed E-state index contributed by atoms with van der Waals surface area (Å²) in [6.07, 6.45) is 1.79. The van der Waals surface area contributed by atoms with Gasteiger partial charge in [0.2, 0.25) is 0 Å². The molecule has 5 nitrogen and oxygen atoms in total. The SMILES string of the molecule is C[C@H](c1nc2cc(Cl)c(Cl)cc2[nH]1)N1CCN(c2ccnc3ccc(F)cc23)CC1. The van der Waals surface area contributed by atoms with Gasteiger partial charge in [-0.1, -0.05) is 23.2 Å². The molecule has 4 aromatic rings. The van der Waals surface area contributed by atoms with Gasteiger partial charge < -0.3 is 9.88 Å². The van der Waals surface area contributed by atoms with Gasteiger partial charge in [0.15, 0.2) is 0 Å². The minimum atomic E-state index is -0.242. The molecule has 30 heavy (non-hydrogen) atoms. The molecular formula is C22H20Cl2FN5. The minimum absolute atomic E-state index is 0.128. The fraction of sp³-hybridized carbons (Fsp3) is 0.273. The van der Waals surface area contributed by atoms with E-state index in [1.807, 2.05) is 12.1 Å². The zero-order valence-corrected chi connectivity index (χ0v) is 17.9. The van der Waals surface area contributed by atoms with Gasteiger partial charge in [0, 0.05) is 43.4 Å². The van der Waals surface area contributed by atoms with Crippen LogP contribution >= 0.6 is 23.2 Å². The van der Waals surface area contributed by atoms with Crippen LogP contribution in [0.4, 0.5) is 10.1 Å². The summed E-state index contributed by atoms with van der Waals surface area (Å²) in [4.78, 5) is 17.1. The highest BCUT2D eigenvalue weighted by molar-refractivity contribution is 6.42. The van der Waals surface area contributed by atoms with Crippen molar-refractivity contribution in [2.45, 2.75) is 13.0 Å². The summed E-state index contributed by atoms with van der Waals surface area (Å²) in [5.41, 5.74) is 3.54. The number of aromatic nitrogens is 3. The van der Waals surface area contributed by atoms with Gasteiger partial charge in [-0.2, -0.15) is 0 Å². The fourth-order valence-corrected chi connectivity index (χ4v) is 4.45. The Kier molecular flexibility index (Phi) is 5.01.